The van der Waals surface area contributed by atoms with E-state index in [0.717, 1.165) is 10.5 Å². The van der Waals surface area contributed by atoms with Gasteiger partial charge in [-0.15, -0.1) is 0 Å². The van der Waals surface area contributed by atoms with Crippen molar-refractivity contribution in [2.75, 3.05) is 5.32 Å². The SMILES string of the molecule is CC(C)C(C(=O)Nc1ccc(CC#N)cc1)N1C(=O)c2ccccc2C1=O. The summed E-state index contributed by atoms with van der Waals surface area (Å²) in [5.74, 6) is -1.58. The molecule has 6 heteroatoms. The lowest BCUT2D eigenvalue weighted by Crippen LogP contribution is -2.50. The normalized spacial score (nSPS) is 14.1. The zero-order valence-electron chi connectivity index (χ0n) is 15.1. The number of carbonyl (C=O) groups excluding carboxylic acids is 3. The molecular formula is C21H19N3O3. The first-order valence-electron chi connectivity index (χ1n) is 8.67. The summed E-state index contributed by atoms with van der Waals surface area (Å²) in [5.41, 5.74) is 2.03. The van der Waals surface area contributed by atoms with Crippen molar-refractivity contribution >= 4 is 23.4 Å². The van der Waals surface area contributed by atoms with E-state index in [1.165, 1.54) is 0 Å². The smallest absolute Gasteiger partial charge is 0.262 e. The summed E-state index contributed by atoms with van der Waals surface area (Å²) in [7, 11) is 0. The lowest BCUT2D eigenvalue weighted by atomic mass is 10.0. The number of imide groups is 1. The second-order valence-corrected chi connectivity index (χ2v) is 6.74. The van der Waals surface area contributed by atoms with Crippen molar-refractivity contribution in [3.63, 3.8) is 0 Å². The third kappa shape index (κ3) is 3.44. The topological polar surface area (TPSA) is 90.3 Å². The van der Waals surface area contributed by atoms with Crippen molar-refractivity contribution in [2.45, 2.75) is 26.3 Å². The fourth-order valence-corrected chi connectivity index (χ4v) is 3.19. The van der Waals surface area contributed by atoms with Crippen LogP contribution in [0.2, 0.25) is 0 Å². The van der Waals surface area contributed by atoms with Crippen LogP contribution in [0.5, 0.6) is 0 Å². The van der Waals surface area contributed by atoms with Gasteiger partial charge in [0, 0.05) is 5.69 Å². The van der Waals surface area contributed by atoms with Gasteiger partial charge in [-0.05, 0) is 35.7 Å². The quantitative estimate of drug-likeness (QED) is 0.829. The van der Waals surface area contributed by atoms with Gasteiger partial charge in [-0.25, -0.2) is 0 Å². The van der Waals surface area contributed by atoms with Crippen LogP contribution in [0.1, 0.15) is 40.1 Å². The van der Waals surface area contributed by atoms with E-state index in [0.29, 0.717) is 16.8 Å². The van der Waals surface area contributed by atoms with Gasteiger partial charge in [-0.3, -0.25) is 19.3 Å². The van der Waals surface area contributed by atoms with E-state index in [1.54, 1.807) is 62.4 Å². The molecule has 0 spiro atoms. The zero-order valence-corrected chi connectivity index (χ0v) is 15.1. The van der Waals surface area contributed by atoms with E-state index >= 15 is 0 Å². The molecule has 0 fully saturated rings. The van der Waals surface area contributed by atoms with Crippen molar-refractivity contribution in [1.29, 1.82) is 5.26 Å². The Morgan fingerprint density at radius 2 is 1.59 bits per heavy atom. The van der Waals surface area contributed by atoms with Crippen molar-refractivity contribution in [3.8, 4) is 6.07 Å². The van der Waals surface area contributed by atoms with Crippen LogP contribution in [0, 0.1) is 17.2 Å². The van der Waals surface area contributed by atoms with E-state index in [2.05, 4.69) is 11.4 Å². The molecule has 0 saturated carbocycles. The van der Waals surface area contributed by atoms with Gasteiger partial charge >= 0.3 is 0 Å². The highest BCUT2D eigenvalue weighted by molar-refractivity contribution is 6.23. The number of hydrogen-bond donors (Lipinski definition) is 1. The first kappa shape index (κ1) is 18.3. The first-order valence-corrected chi connectivity index (χ1v) is 8.67. The minimum absolute atomic E-state index is 0.259. The zero-order chi connectivity index (χ0) is 19.6. The summed E-state index contributed by atoms with van der Waals surface area (Å²) >= 11 is 0. The van der Waals surface area contributed by atoms with Crippen molar-refractivity contribution in [2.24, 2.45) is 5.92 Å². The molecule has 1 N–H and O–H groups in total. The third-order valence-corrected chi connectivity index (χ3v) is 4.51. The van der Waals surface area contributed by atoms with Crippen LogP contribution in [0.25, 0.3) is 0 Å². The number of hydrogen-bond acceptors (Lipinski definition) is 4. The predicted molar refractivity (Wildman–Crippen MR) is 100.0 cm³/mol. The second kappa shape index (κ2) is 7.42. The first-order chi connectivity index (χ1) is 12.9. The maximum atomic E-state index is 12.9. The van der Waals surface area contributed by atoms with Gasteiger partial charge in [0.15, 0.2) is 0 Å². The van der Waals surface area contributed by atoms with Gasteiger partial charge < -0.3 is 5.32 Å². The molecule has 2 aromatic carbocycles. The molecule has 3 amide bonds. The van der Waals surface area contributed by atoms with Crippen LogP contribution in [-0.2, 0) is 11.2 Å². The Labute approximate surface area is 157 Å². The minimum Gasteiger partial charge on any atom is -0.324 e. The second-order valence-electron chi connectivity index (χ2n) is 6.74. The van der Waals surface area contributed by atoms with Gasteiger partial charge in [0.25, 0.3) is 11.8 Å². The molecular weight excluding hydrogens is 342 g/mol. The number of anilines is 1. The maximum absolute atomic E-state index is 12.9. The summed E-state index contributed by atoms with van der Waals surface area (Å²) < 4.78 is 0. The molecule has 1 atom stereocenters. The van der Waals surface area contributed by atoms with Gasteiger partial charge in [0.1, 0.15) is 6.04 Å². The largest absolute Gasteiger partial charge is 0.324 e. The average molecular weight is 361 g/mol. The lowest BCUT2D eigenvalue weighted by molar-refractivity contribution is -0.121. The van der Waals surface area contributed by atoms with Gasteiger partial charge in [0.2, 0.25) is 5.91 Å². The van der Waals surface area contributed by atoms with Crippen LogP contribution in [0.3, 0.4) is 0 Å². The van der Waals surface area contributed by atoms with Crippen molar-refractivity contribution < 1.29 is 14.4 Å². The number of rotatable bonds is 5. The fourth-order valence-electron chi connectivity index (χ4n) is 3.19. The Morgan fingerprint density at radius 1 is 1.04 bits per heavy atom. The number of nitrogens with one attached hydrogen (secondary N) is 1. The van der Waals surface area contributed by atoms with E-state index in [-0.39, 0.29) is 12.3 Å². The molecule has 6 nitrogen and oxygen atoms in total. The number of nitriles is 1. The predicted octanol–water partition coefficient (Wildman–Crippen LogP) is 3.01. The molecule has 0 bridgehead atoms. The van der Waals surface area contributed by atoms with E-state index in [9.17, 15) is 14.4 Å². The standard InChI is InChI=1S/C21H19N3O3/c1-13(2)18(19(25)23-15-9-7-14(8-10-15)11-12-22)24-20(26)16-5-3-4-6-17(16)21(24)27/h3-10,13,18H,11H2,1-2H3,(H,23,25). The highest BCUT2D eigenvalue weighted by atomic mass is 16.2. The highest BCUT2D eigenvalue weighted by Gasteiger charge is 2.43. The third-order valence-electron chi connectivity index (χ3n) is 4.51. The van der Waals surface area contributed by atoms with Crippen LogP contribution >= 0.6 is 0 Å². The summed E-state index contributed by atoms with van der Waals surface area (Å²) in [6, 6.07) is 14.6. The van der Waals surface area contributed by atoms with E-state index in [1.807, 2.05) is 0 Å². The number of fused-ring (bicyclic) bond motifs is 1. The van der Waals surface area contributed by atoms with Gasteiger partial charge in [-0.1, -0.05) is 38.1 Å². The Bertz CT molecular complexity index is 907. The van der Waals surface area contributed by atoms with E-state index < -0.39 is 23.8 Å². The summed E-state index contributed by atoms with van der Waals surface area (Å²) in [5, 5.41) is 11.5. The monoisotopic (exact) mass is 361 g/mol. The molecule has 27 heavy (non-hydrogen) atoms. The molecule has 136 valence electrons. The highest BCUT2D eigenvalue weighted by Crippen LogP contribution is 2.27. The number of benzene rings is 2. The molecule has 0 saturated heterocycles. The molecule has 1 heterocycles. The summed E-state index contributed by atoms with van der Waals surface area (Å²) in [6.07, 6.45) is 0.290. The molecule has 1 aliphatic heterocycles. The summed E-state index contributed by atoms with van der Waals surface area (Å²) in [4.78, 5) is 39.4. The molecule has 3 rings (SSSR count). The maximum Gasteiger partial charge on any atom is 0.262 e. The van der Waals surface area contributed by atoms with Crippen LogP contribution in [0.15, 0.2) is 48.5 Å². The molecule has 0 aliphatic carbocycles. The molecule has 1 aliphatic rings. The van der Waals surface area contributed by atoms with Crippen molar-refractivity contribution in [3.05, 3.63) is 65.2 Å². The number of nitrogens with zero attached hydrogens (tertiary/aromatic N) is 2. The Kier molecular flexibility index (Phi) is 5.04. The Morgan fingerprint density at radius 3 is 2.07 bits per heavy atom. The summed E-state index contributed by atoms with van der Waals surface area (Å²) in [6.45, 7) is 3.59. The molecule has 2 aromatic rings. The molecule has 0 radical (unpaired) electrons. The Balaban J connectivity index is 1.84. The number of amides is 3. The van der Waals surface area contributed by atoms with Gasteiger partial charge in [0.05, 0.1) is 23.6 Å². The van der Waals surface area contributed by atoms with Gasteiger partial charge in [-0.2, -0.15) is 5.26 Å². The van der Waals surface area contributed by atoms with Crippen LogP contribution in [0.4, 0.5) is 5.69 Å². The Hall–Kier alpha value is -3.46. The van der Waals surface area contributed by atoms with E-state index in [4.69, 9.17) is 5.26 Å². The van der Waals surface area contributed by atoms with Crippen LogP contribution < -0.4 is 5.32 Å². The van der Waals surface area contributed by atoms with Crippen molar-refractivity contribution in [1.82, 2.24) is 4.90 Å². The lowest BCUT2D eigenvalue weighted by Gasteiger charge is -2.28. The minimum atomic E-state index is -0.920. The number of carbonyl (C=O) groups is 3. The molecule has 1 unspecified atom stereocenters. The average Bonchev–Trinajstić information content (AvgIpc) is 2.89. The molecule has 0 aromatic heterocycles. The van der Waals surface area contributed by atoms with Crippen LogP contribution in [-0.4, -0.2) is 28.7 Å². The fraction of sp³-hybridized carbons (Fsp3) is 0.238.